The van der Waals surface area contributed by atoms with Gasteiger partial charge in [0.2, 0.25) is 0 Å². The second-order valence-electron chi connectivity index (χ2n) is 1.23. The van der Waals surface area contributed by atoms with Gasteiger partial charge in [-0.2, -0.15) is 0 Å². The molecule has 0 aliphatic heterocycles. The fourth-order valence-corrected chi connectivity index (χ4v) is 0.279. The van der Waals surface area contributed by atoms with Crippen LogP contribution in [0.15, 0.2) is 12.7 Å². The standard InChI is InChI=1S/C8H8/c1-3-5-7-8-6-4-2/h1,4H,2,5,7H2. The molecule has 0 unspecified atom stereocenters. The fraction of sp³-hybridized carbons (Fsp3) is 0.250. The average molecular weight is 104 g/mol. The molecule has 0 amide bonds. The van der Waals surface area contributed by atoms with Gasteiger partial charge in [0.15, 0.2) is 0 Å². The van der Waals surface area contributed by atoms with Crippen LogP contribution in [0.3, 0.4) is 0 Å². The van der Waals surface area contributed by atoms with E-state index in [1.54, 1.807) is 6.08 Å². The van der Waals surface area contributed by atoms with Crippen LogP contribution in [0.4, 0.5) is 0 Å². The first kappa shape index (κ1) is 6.86. The van der Waals surface area contributed by atoms with Crippen molar-refractivity contribution in [1.82, 2.24) is 0 Å². The molecule has 40 valence electrons. The van der Waals surface area contributed by atoms with Crippen LogP contribution in [0.5, 0.6) is 0 Å². The Bertz CT molecular complexity index is 147. The zero-order valence-electron chi connectivity index (χ0n) is 4.78. The van der Waals surface area contributed by atoms with Crippen LogP contribution in [0.1, 0.15) is 12.8 Å². The second kappa shape index (κ2) is 5.86. The van der Waals surface area contributed by atoms with Crippen molar-refractivity contribution in [2.24, 2.45) is 0 Å². The molecule has 0 aromatic heterocycles. The van der Waals surface area contributed by atoms with Gasteiger partial charge in [-0.15, -0.1) is 12.3 Å². The maximum absolute atomic E-state index is 4.97. The van der Waals surface area contributed by atoms with Gasteiger partial charge in [0.25, 0.3) is 0 Å². The third-order valence-corrected chi connectivity index (χ3v) is 0.598. The molecule has 0 N–H and O–H groups in total. The van der Waals surface area contributed by atoms with Crippen molar-refractivity contribution < 1.29 is 0 Å². The van der Waals surface area contributed by atoms with E-state index < -0.39 is 0 Å². The lowest BCUT2D eigenvalue weighted by atomic mass is 10.3. The monoisotopic (exact) mass is 104 g/mol. The van der Waals surface area contributed by atoms with Gasteiger partial charge in [0.05, 0.1) is 0 Å². The van der Waals surface area contributed by atoms with Gasteiger partial charge in [0.1, 0.15) is 0 Å². The van der Waals surface area contributed by atoms with Gasteiger partial charge in [0, 0.05) is 12.8 Å². The van der Waals surface area contributed by atoms with Gasteiger partial charge in [-0.3, -0.25) is 0 Å². The summed E-state index contributed by atoms with van der Waals surface area (Å²) >= 11 is 0. The van der Waals surface area contributed by atoms with E-state index in [9.17, 15) is 0 Å². The van der Waals surface area contributed by atoms with Crippen molar-refractivity contribution >= 4 is 0 Å². The van der Waals surface area contributed by atoms with Gasteiger partial charge < -0.3 is 0 Å². The quantitative estimate of drug-likeness (QED) is 0.350. The Morgan fingerprint density at radius 1 is 1.50 bits per heavy atom. The van der Waals surface area contributed by atoms with Gasteiger partial charge in [-0.1, -0.05) is 18.4 Å². The third-order valence-electron chi connectivity index (χ3n) is 0.598. The molecule has 0 aliphatic rings. The van der Waals surface area contributed by atoms with E-state index in [2.05, 4.69) is 24.3 Å². The van der Waals surface area contributed by atoms with Gasteiger partial charge in [-0.25, -0.2) is 0 Å². The second-order valence-corrected chi connectivity index (χ2v) is 1.23. The van der Waals surface area contributed by atoms with Crippen molar-refractivity contribution in [1.29, 1.82) is 0 Å². The zero-order valence-corrected chi connectivity index (χ0v) is 4.78. The minimum Gasteiger partial charge on any atom is -0.120 e. The van der Waals surface area contributed by atoms with Gasteiger partial charge in [-0.05, 0) is 6.08 Å². The van der Waals surface area contributed by atoms with Crippen LogP contribution in [-0.2, 0) is 0 Å². The highest BCUT2D eigenvalue weighted by Crippen LogP contribution is 1.80. The largest absolute Gasteiger partial charge is 0.120 e. The summed E-state index contributed by atoms with van der Waals surface area (Å²) in [5.41, 5.74) is 0. The minimum absolute atomic E-state index is 0.737. The number of allylic oxidation sites excluding steroid dienone is 1. The molecule has 0 fully saturated rings. The predicted molar refractivity (Wildman–Crippen MR) is 36.0 cm³/mol. The summed E-state index contributed by atoms with van der Waals surface area (Å²) in [4.78, 5) is 0. The molecule has 0 rings (SSSR count). The number of hydrogen-bond acceptors (Lipinski definition) is 0. The molecule has 0 radical (unpaired) electrons. The summed E-state index contributed by atoms with van der Waals surface area (Å²) in [5.74, 6) is 8.02. The Kier molecular flexibility index (Phi) is 5.02. The van der Waals surface area contributed by atoms with Crippen molar-refractivity contribution in [2.45, 2.75) is 12.8 Å². The highest BCUT2D eigenvalue weighted by atomic mass is 13.7. The van der Waals surface area contributed by atoms with Crippen LogP contribution >= 0.6 is 0 Å². The van der Waals surface area contributed by atoms with Crippen molar-refractivity contribution in [3.8, 4) is 24.2 Å². The summed E-state index contributed by atoms with van der Waals surface area (Å²) in [6.07, 6.45) is 8.05. The lowest BCUT2D eigenvalue weighted by molar-refractivity contribution is 1.12. The van der Waals surface area contributed by atoms with Crippen molar-refractivity contribution in [3.05, 3.63) is 12.7 Å². The number of unbranched alkanes of at least 4 members (excludes halogenated alkanes) is 1. The van der Waals surface area contributed by atoms with Crippen molar-refractivity contribution in [2.75, 3.05) is 0 Å². The molecular weight excluding hydrogens is 96.1 g/mol. The van der Waals surface area contributed by atoms with E-state index in [-0.39, 0.29) is 0 Å². The van der Waals surface area contributed by atoms with Crippen LogP contribution in [0.2, 0.25) is 0 Å². The molecule has 0 heterocycles. The Balaban J connectivity index is 3.18. The molecular formula is C8H8. The molecule has 0 spiro atoms. The van der Waals surface area contributed by atoms with E-state index in [1.165, 1.54) is 0 Å². The number of terminal acetylenes is 1. The molecule has 0 aromatic carbocycles. The Morgan fingerprint density at radius 3 is 2.75 bits per heavy atom. The van der Waals surface area contributed by atoms with Crippen LogP contribution in [0.25, 0.3) is 0 Å². The molecule has 0 atom stereocenters. The van der Waals surface area contributed by atoms with Crippen LogP contribution < -0.4 is 0 Å². The SMILES string of the molecule is C#CCCC#CC=C. The summed E-state index contributed by atoms with van der Waals surface area (Å²) in [6.45, 7) is 3.43. The third kappa shape index (κ3) is 4.86. The first-order chi connectivity index (χ1) is 3.91. The number of hydrogen-bond donors (Lipinski definition) is 0. The Labute approximate surface area is 50.6 Å². The smallest absolute Gasteiger partial charge is 0.0202 e. The molecule has 0 heteroatoms. The van der Waals surface area contributed by atoms with Crippen LogP contribution in [-0.4, -0.2) is 0 Å². The van der Waals surface area contributed by atoms with Crippen molar-refractivity contribution in [3.63, 3.8) is 0 Å². The van der Waals surface area contributed by atoms with E-state index in [0.29, 0.717) is 0 Å². The van der Waals surface area contributed by atoms with E-state index in [4.69, 9.17) is 6.42 Å². The topological polar surface area (TPSA) is 0 Å². The van der Waals surface area contributed by atoms with E-state index in [0.717, 1.165) is 12.8 Å². The molecule has 0 saturated heterocycles. The minimum atomic E-state index is 0.737. The first-order valence-electron chi connectivity index (χ1n) is 2.44. The molecule has 8 heavy (non-hydrogen) atoms. The maximum atomic E-state index is 4.97. The molecule has 0 aromatic rings. The average Bonchev–Trinajstić information content (AvgIpc) is 1.81. The molecule has 0 aliphatic carbocycles. The van der Waals surface area contributed by atoms with Crippen LogP contribution in [0, 0.1) is 24.2 Å². The first-order valence-corrected chi connectivity index (χ1v) is 2.44. The highest BCUT2D eigenvalue weighted by Gasteiger charge is 1.68. The maximum Gasteiger partial charge on any atom is 0.0202 e. The summed E-state index contributed by atoms with van der Waals surface area (Å²) in [5, 5.41) is 0. The normalized spacial score (nSPS) is 5.88. The zero-order chi connectivity index (χ0) is 6.24. The fourth-order valence-electron chi connectivity index (χ4n) is 0.279. The molecule has 0 saturated carbocycles. The lowest BCUT2D eigenvalue weighted by Crippen LogP contribution is -1.61. The summed E-state index contributed by atoms with van der Waals surface area (Å²) in [6, 6.07) is 0. The molecule has 0 bridgehead atoms. The highest BCUT2D eigenvalue weighted by molar-refractivity contribution is 5.12. The lowest BCUT2D eigenvalue weighted by Gasteiger charge is -1.73. The number of rotatable bonds is 1. The van der Waals surface area contributed by atoms with Gasteiger partial charge >= 0.3 is 0 Å². The molecule has 0 nitrogen and oxygen atoms in total. The van der Waals surface area contributed by atoms with E-state index >= 15 is 0 Å². The summed E-state index contributed by atoms with van der Waals surface area (Å²) in [7, 11) is 0. The summed E-state index contributed by atoms with van der Waals surface area (Å²) < 4.78 is 0. The Morgan fingerprint density at radius 2 is 2.25 bits per heavy atom. The van der Waals surface area contributed by atoms with E-state index in [1.807, 2.05) is 0 Å². The Hall–Kier alpha value is -1.14. The predicted octanol–water partition coefficient (Wildman–Crippen LogP) is 1.59.